The average molecular weight is 425 g/mol. The van der Waals surface area contributed by atoms with Crippen LogP contribution in [0.5, 0.6) is 0 Å². The van der Waals surface area contributed by atoms with Gasteiger partial charge in [0.05, 0.1) is 5.41 Å². The van der Waals surface area contributed by atoms with Crippen LogP contribution in [-0.2, 0) is 19.3 Å². The number of piperidine rings is 2. The molecule has 2 heterocycles. The van der Waals surface area contributed by atoms with E-state index in [1.54, 1.807) is 0 Å². The van der Waals surface area contributed by atoms with Crippen LogP contribution < -0.4 is 0 Å². The summed E-state index contributed by atoms with van der Waals surface area (Å²) < 4.78 is 0. The Morgan fingerprint density at radius 1 is 0.700 bits per heavy atom. The van der Waals surface area contributed by atoms with E-state index >= 15 is 0 Å². The summed E-state index contributed by atoms with van der Waals surface area (Å²) in [7, 11) is 0. The maximum atomic E-state index is 12.6. The molecule has 0 saturated carbocycles. The second kappa shape index (κ2) is 12.0. The first-order valence-electron chi connectivity index (χ1n) is 12.1. The fourth-order valence-electron chi connectivity index (χ4n) is 4.29. The molecule has 0 spiro atoms. The number of hydrogen-bond acceptors (Lipinski definition) is 6. The molecule has 0 radical (unpaired) electrons. The molecule has 0 amide bonds. The van der Waals surface area contributed by atoms with Crippen molar-refractivity contribution in [1.82, 2.24) is 10.1 Å². The molecular formula is C24H44N2O4. The van der Waals surface area contributed by atoms with Gasteiger partial charge in [-0.05, 0) is 70.6 Å². The molecule has 2 fully saturated rings. The molecule has 0 aliphatic carbocycles. The van der Waals surface area contributed by atoms with Gasteiger partial charge >= 0.3 is 11.9 Å². The summed E-state index contributed by atoms with van der Waals surface area (Å²) in [6.45, 7) is 11.9. The molecule has 0 N–H and O–H groups in total. The van der Waals surface area contributed by atoms with Crippen LogP contribution in [0.25, 0.3) is 0 Å². The minimum atomic E-state index is -0.466. The van der Waals surface area contributed by atoms with E-state index in [1.165, 1.54) is 12.8 Å². The van der Waals surface area contributed by atoms with Crippen molar-refractivity contribution in [3.05, 3.63) is 0 Å². The highest BCUT2D eigenvalue weighted by Crippen LogP contribution is 2.33. The van der Waals surface area contributed by atoms with Crippen molar-refractivity contribution < 1.29 is 19.3 Å². The summed E-state index contributed by atoms with van der Waals surface area (Å²) in [5, 5.41) is 3.66. The molecule has 0 aromatic rings. The van der Waals surface area contributed by atoms with Crippen LogP contribution in [0, 0.1) is 10.8 Å². The zero-order chi connectivity index (χ0) is 22.0. The van der Waals surface area contributed by atoms with Crippen LogP contribution in [0.3, 0.4) is 0 Å². The molecule has 6 nitrogen and oxygen atoms in total. The molecule has 0 atom stereocenters. The Labute approximate surface area is 183 Å². The molecule has 2 saturated heterocycles. The van der Waals surface area contributed by atoms with Gasteiger partial charge < -0.3 is 9.68 Å². The van der Waals surface area contributed by atoms with E-state index in [-0.39, 0.29) is 17.4 Å². The van der Waals surface area contributed by atoms with Crippen LogP contribution in [0.4, 0.5) is 0 Å². The van der Waals surface area contributed by atoms with Gasteiger partial charge in [0.25, 0.3) is 0 Å². The predicted molar refractivity (Wildman–Crippen MR) is 118 cm³/mol. The molecule has 6 heteroatoms. The number of nitrogens with zero attached hydrogens (tertiary/aromatic N) is 2. The molecule has 30 heavy (non-hydrogen) atoms. The Bertz CT molecular complexity index is 535. The van der Waals surface area contributed by atoms with E-state index in [2.05, 4.69) is 13.8 Å². The zero-order valence-corrected chi connectivity index (χ0v) is 19.8. The van der Waals surface area contributed by atoms with Crippen molar-refractivity contribution in [2.75, 3.05) is 26.2 Å². The van der Waals surface area contributed by atoms with E-state index in [4.69, 9.17) is 9.68 Å². The highest BCUT2D eigenvalue weighted by molar-refractivity contribution is 5.75. The minimum Gasteiger partial charge on any atom is -0.368 e. The van der Waals surface area contributed by atoms with E-state index in [0.717, 1.165) is 84.0 Å². The van der Waals surface area contributed by atoms with Crippen LogP contribution >= 0.6 is 0 Å². The third-order valence-electron chi connectivity index (χ3n) is 6.52. The lowest BCUT2D eigenvalue weighted by atomic mass is 9.79. The van der Waals surface area contributed by atoms with Crippen molar-refractivity contribution >= 4 is 11.9 Å². The summed E-state index contributed by atoms with van der Waals surface area (Å²) in [6.07, 6.45) is 12.0. The van der Waals surface area contributed by atoms with E-state index in [0.29, 0.717) is 6.42 Å². The van der Waals surface area contributed by atoms with Gasteiger partial charge in [-0.2, -0.15) is 0 Å². The van der Waals surface area contributed by atoms with Gasteiger partial charge in [-0.3, -0.25) is 4.79 Å². The highest BCUT2D eigenvalue weighted by atomic mass is 16.7. The van der Waals surface area contributed by atoms with Gasteiger partial charge in [-0.1, -0.05) is 33.1 Å². The van der Waals surface area contributed by atoms with Gasteiger partial charge in [0.15, 0.2) is 0 Å². The van der Waals surface area contributed by atoms with Crippen molar-refractivity contribution in [3.8, 4) is 0 Å². The summed E-state index contributed by atoms with van der Waals surface area (Å²) in [4.78, 5) is 35.7. The van der Waals surface area contributed by atoms with Gasteiger partial charge in [0.1, 0.15) is 0 Å². The summed E-state index contributed by atoms with van der Waals surface area (Å²) in [5.74, 6) is -0.211. The maximum Gasteiger partial charge on any atom is 0.330 e. The Kier molecular flexibility index (Phi) is 10.1. The lowest BCUT2D eigenvalue weighted by Crippen LogP contribution is -2.37. The largest absolute Gasteiger partial charge is 0.368 e. The summed E-state index contributed by atoms with van der Waals surface area (Å²) in [5.41, 5.74) is -0.315. The van der Waals surface area contributed by atoms with E-state index in [9.17, 15) is 9.59 Å². The maximum absolute atomic E-state index is 12.6. The molecule has 174 valence electrons. The minimum absolute atomic E-state index is 0.103. The van der Waals surface area contributed by atoms with Gasteiger partial charge in [0, 0.05) is 32.6 Å². The third-order valence-corrected chi connectivity index (χ3v) is 6.52. The number of hydrogen-bond donors (Lipinski definition) is 0. The van der Waals surface area contributed by atoms with Crippen LogP contribution in [0.15, 0.2) is 0 Å². The monoisotopic (exact) mass is 424 g/mol. The topological polar surface area (TPSA) is 59.1 Å². The van der Waals surface area contributed by atoms with E-state index < -0.39 is 5.41 Å². The second-order valence-electron chi connectivity index (χ2n) is 10.6. The number of hydroxylamine groups is 4. The number of carbonyl (C=O) groups is 2. The fraction of sp³-hybridized carbons (Fsp3) is 0.917. The van der Waals surface area contributed by atoms with E-state index in [1.807, 2.05) is 24.0 Å². The Hall–Kier alpha value is -1.14. The van der Waals surface area contributed by atoms with Gasteiger partial charge in [-0.15, -0.1) is 10.1 Å². The molecule has 2 aliphatic rings. The molecular weight excluding hydrogens is 380 g/mol. The van der Waals surface area contributed by atoms with Crippen molar-refractivity contribution in [3.63, 3.8) is 0 Å². The Morgan fingerprint density at radius 2 is 1.20 bits per heavy atom. The fourth-order valence-corrected chi connectivity index (χ4v) is 4.29. The summed E-state index contributed by atoms with van der Waals surface area (Å²) in [6, 6.07) is 0. The van der Waals surface area contributed by atoms with Crippen LogP contribution in [0.1, 0.15) is 105 Å². The standard InChI is InChI=1S/C24H44N2O4/c1-23(2,14-11-13-21(27)29-25-17-7-5-8-18-25)15-12-16-24(3,4)22(28)30-26-19-9-6-10-20-26/h5-20H2,1-4H3. The molecule has 2 rings (SSSR count). The van der Waals surface area contributed by atoms with Gasteiger partial charge in [0.2, 0.25) is 0 Å². The lowest BCUT2D eigenvalue weighted by Gasteiger charge is -2.31. The normalized spacial score (nSPS) is 19.5. The summed E-state index contributed by atoms with van der Waals surface area (Å²) >= 11 is 0. The molecule has 0 aromatic carbocycles. The average Bonchev–Trinajstić information content (AvgIpc) is 2.69. The molecule has 2 aliphatic heterocycles. The molecule has 0 unspecified atom stereocenters. The molecule has 0 aromatic heterocycles. The third kappa shape index (κ3) is 9.34. The van der Waals surface area contributed by atoms with Crippen molar-refractivity contribution in [2.24, 2.45) is 10.8 Å². The lowest BCUT2D eigenvalue weighted by molar-refractivity contribution is -0.205. The Balaban J connectivity index is 1.61. The van der Waals surface area contributed by atoms with Crippen LogP contribution in [-0.4, -0.2) is 48.2 Å². The first kappa shape index (κ1) is 25.1. The highest BCUT2D eigenvalue weighted by Gasteiger charge is 2.32. The number of carbonyl (C=O) groups excluding carboxylic acids is 2. The quantitative estimate of drug-likeness (QED) is 0.450. The Morgan fingerprint density at radius 3 is 1.77 bits per heavy atom. The number of rotatable bonds is 11. The van der Waals surface area contributed by atoms with Gasteiger partial charge in [-0.25, -0.2) is 4.79 Å². The SMILES string of the molecule is CC(C)(CCCC(=O)ON1CCCCC1)CCCC(C)(C)C(=O)ON1CCCCC1. The van der Waals surface area contributed by atoms with Crippen molar-refractivity contribution in [1.29, 1.82) is 0 Å². The van der Waals surface area contributed by atoms with Crippen LogP contribution in [0.2, 0.25) is 0 Å². The van der Waals surface area contributed by atoms with Crippen molar-refractivity contribution in [2.45, 2.75) is 105 Å². The second-order valence-corrected chi connectivity index (χ2v) is 10.6. The first-order chi connectivity index (χ1) is 14.2. The first-order valence-corrected chi connectivity index (χ1v) is 12.1. The predicted octanol–water partition coefficient (Wildman–Crippen LogP) is 5.27. The molecule has 0 bridgehead atoms. The smallest absolute Gasteiger partial charge is 0.330 e. The zero-order valence-electron chi connectivity index (χ0n) is 19.8.